The van der Waals surface area contributed by atoms with Crippen molar-refractivity contribution >= 4 is 44.0 Å². The first-order valence-electron chi connectivity index (χ1n) is 5.61. The maximum absolute atomic E-state index is 6.11. The Morgan fingerprint density at radius 1 is 1.17 bits per heavy atom. The molecule has 0 bridgehead atoms. The molecule has 0 atom stereocenters. The Balaban J connectivity index is 1.98. The molecule has 0 aliphatic rings. The zero-order valence-corrected chi connectivity index (χ0v) is 11.3. The van der Waals surface area contributed by atoms with E-state index < -0.39 is 0 Å². The third-order valence-electron chi connectivity index (χ3n) is 2.66. The van der Waals surface area contributed by atoms with Crippen molar-refractivity contribution in [3.63, 3.8) is 0 Å². The van der Waals surface area contributed by atoms with Crippen LogP contribution in [0.25, 0.3) is 10.2 Å². The van der Waals surface area contributed by atoms with Gasteiger partial charge in [-0.25, -0.2) is 4.98 Å². The molecule has 0 aliphatic heterocycles. The molecule has 1 aromatic heterocycles. The third kappa shape index (κ3) is 2.19. The predicted molar refractivity (Wildman–Crippen MR) is 79.1 cm³/mol. The lowest BCUT2D eigenvalue weighted by atomic mass is 10.2. The number of aryl methyl sites for hydroxylation is 1. The molecule has 0 fully saturated rings. The van der Waals surface area contributed by atoms with Crippen LogP contribution in [0.1, 0.15) is 5.56 Å². The predicted octanol–water partition coefficient (Wildman–Crippen LogP) is 5.00. The van der Waals surface area contributed by atoms with E-state index in [1.165, 1.54) is 10.3 Å². The first kappa shape index (κ1) is 11.5. The van der Waals surface area contributed by atoms with Crippen LogP contribution >= 0.6 is 22.9 Å². The highest BCUT2D eigenvalue weighted by atomic mass is 35.5. The zero-order valence-electron chi connectivity index (χ0n) is 9.77. The molecule has 0 aliphatic carbocycles. The van der Waals surface area contributed by atoms with Crippen LogP contribution in [0, 0.1) is 6.92 Å². The smallest absolute Gasteiger partial charge is 0.188 e. The third-order valence-corrected chi connectivity index (χ3v) is 3.94. The highest BCUT2D eigenvalue weighted by Gasteiger charge is 2.05. The van der Waals surface area contributed by atoms with Gasteiger partial charge in [0.05, 0.1) is 20.9 Å². The van der Waals surface area contributed by atoms with Crippen molar-refractivity contribution in [3.8, 4) is 0 Å². The normalized spacial score (nSPS) is 10.8. The summed E-state index contributed by atoms with van der Waals surface area (Å²) in [7, 11) is 0. The number of thiazole rings is 1. The van der Waals surface area contributed by atoms with E-state index in [1.807, 2.05) is 24.3 Å². The van der Waals surface area contributed by atoms with Crippen molar-refractivity contribution in [3.05, 3.63) is 53.1 Å². The van der Waals surface area contributed by atoms with Gasteiger partial charge in [0.15, 0.2) is 5.13 Å². The SMILES string of the molecule is Cc1ccc2sc(Nc3ccccc3Cl)nc2c1. The summed E-state index contributed by atoms with van der Waals surface area (Å²) in [4.78, 5) is 4.56. The Hall–Kier alpha value is -1.58. The molecule has 0 unspecified atom stereocenters. The number of fused-ring (bicyclic) bond motifs is 1. The van der Waals surface area contributed by atoms with Crippen LogP contribution in [0.2, 0.25) is 5.02 Å². The van der Waals surface area contributed by atoms with Crippen molar-refractivity contribution < 1.29 is 0 Å². The summed E-state index contributed by atoms with van der Waals surface area (Å²) in [6.45, 7) is 2.07. The van der Waals surface area contributed by atoms with Gasteiger partial charge in [0.1, 0.15) is 0 Å². The quantitative estimate of drug-likeness (QED) is 0.711. The molecule has 0 radical (unpaired) electrons. The second-order valence-electron chi connectivity index (χ2n) is 4.10. The lowest BCUT2D eigenvalue weighted by Gasteiger charge is -2.03. The van der Waals surface area contributed by atoms with Crippen LogP contribution in [0.5, 0.6) is 0 Å². The van der Waals surface area contributed by atoms with Crippen molar-refractivity contribution in [2.45, 2.75) is 6.92 Å². The number of anilines is 2. The first-order chi connectivity index (χ1) is 8.72. The van der Waals surface area contributed by atoms with Crippen LogP contribution in [0.4, 0.5) is 10.8 Å². The van der Waals surface area contributed by atoms with Crippen LogP contribution in [-0.2, 0) is 0 Å². The van der Waals surface area contributed by atoms with Gasteiger partial charge in [0, 0.05) is 0 Å². The first-order valence-corrected chi connectivity index (χ1v) is 6.80. The monoisotopic (exact) mass is 274 g/mol. The molecule has 90 valence electrons. The van der Waals surface area contributed by atoms with Gasteiger partial charge in [-0.15, -0.1) is 0 Å². The molecule has 3 aromatic rings. The minimum absolute atomic E-state index is 0.702. The fourth-order valence-electron chi connectivity index (χ4n) is 1.77. The molecular weight excluding hydrogens is 264 g/mol. The Morgan fingerprint density at radius 3 is 2.83 bits per heavy atom. The Labute approximate surface area is 114 Å². The number of para-hydroxylation sites is 1. The molecule has 2 aromatic carbocycles. The molecular formula is C14H11ClN2S. The maximum Gasteiger partial charge on any atom is 0.188 e. The second-order valence-corrected chi connectivity index (χ2v) is 5.53. The summed E-state index contributed by atoms with van der Waals surface area (Å²) in [5.74, 6) is 0. The van der Waals surface area contributed by atoms with Gasteiger partial charge in [-0.3, -0.25) is 0 Å². The van der Waals surface area contributed by atoms with Crippen LogP contribution < -0.4 is 5.32 Å². The van der Waals surface area contributed by atoms with Gasteiger partial charge >= 0.3 is 0 Å². The van der Waals surface area contributed by atoms with E-state index >= 15 is 0 Å². The zero-order chi connectivity index (χ0) is 12.5. The highest BCUT2D eigenvalue weighted by molar-refractivity contribution is 7.22. The van der Waals surface area contributed by atoms with Crippen LogP contribution in [0.3, 0.4) is 0 Å². The molecule has 0 saturated heterocycles. The Bertz CT molecular complexity index is 706. The molecule has 0 amide bonds. The molecule has 1 N–H and O–H groups in total. The number of nitrogens with one attached hydrogen (secondary N) is 1. The van der Waals surface area contributed by atoms with Crippen LogP contribution in [-0.4, -0.2) is 4.98 Å². The number of hydrogen-bond acceptors (Lipinski definition) is 3. The van der Waals surface area contributed by atoms with Crippen molar-refractivity contribution in [1.82, 2.24) is 4.98 Å². The van der Waals surface area contributed by atoms with E-state index in [4.69, 9.17) is 11.6 Å². The number of benzene rings is 2. The van der Waals surface area contributed by atoms with E-state index in [1.54, 1.807) is 11.3 Å². The summed E-state index contributed by atoms with van der Waals surface area (Å²) in [6, 6.07) is 13.9. The van der Waals surface area contributed by atoms with Gasteiger partial charge in [0.25, 0.3) is 0 Å². The van der Waals surface area contributed by atoms with E-state index in [-0.39, 0.29) is 0 Å². The minimum atomic E-state index is 0.702. The summed E-state index contributed by atoms with van der Waals surface area (Å²) < 4.78 is 1.18. The number of halogens is 1. The van der Waals surface area contributed by atoms with Crippen LogP contribution in [0.15, 0.2) is 42.5 Å². The fraction of sp³-hybridized carbons (Fsp3) is 0.0714. The van der Waals surface area contributed by atoms with Gasteiger partial charge in [-0.2, -0.15) is 0 Å². The number of nitrogens with zero attached hydrogens (tertiary/aromatic N) is 1. The standard InChI is InChI=1S/C14H11ClN2S/c1-9-6-7-13-12(8-9)17-14(18-13)16-11-5-3-2-4-10(11)15/h2-8H,1H3,(H,16,17). The van der Waals surface area contributed by atoms with E-state index in [0.29, 0.717) is 5.02 Å². The molecule has 3 rings (SSSR count). The average Bonchev–Trinajstić information content (AvgIpc) is 2.73. The molecule has 2 nitrogen and oxygen atoms in total. The summed E-state index contributed by atoms with van der Waals surface area (Å²) in [5, 5.41) is 4.82. The molecule has 1 heterocycles. The van der Waals surface area contributed by atoms with E-state index in [0.717, 1.165) is 16.3 Å². The fourth-order valence-corrected chi connectivity index (χ4v) is 2.81. The second kappa shape index (κ2) is 4.59. The summed E-state index contributed by atoms with van der Waals surface area (Å²) in [6.07, 6.45) is 0. The minimum Gasteiger partial charge on any atom is -0.330 e. The van der Waals surface area contributed by atoms with E-state index in [2.05, 4.69) is 35.4 Å². The molecule has 18 heavy (non-hydrogen) atoms. The lowest BCUT2D eigenvalue weighted by Crippen LogP contribution is -1.89. The average molecular weight is 275 g/mol. The topological polar surface area (TPSA) is 24.9 Å². The lowest BCUT2D eigenvalue weighted by molar-refractivity contribution is 1.42. The number of rotatable bonds is 2. The Morgan fingerprint density at radius 2 is 2.00 bits per heavy atom. The molecule has 0 saturated carbocycles. The number of hydrogen-bond donors (Lipinski definition) is 1. The molecule has 0 spiro atoms. The highest BCUT2D eigenvalue weighted by Crippen LogP contribution is 2.31. The van der Waals surface area contributed by atoms with Crippen molar-refractivity contribution in [1.29, 1.82) is 0 Å². The van der Waals surface area contributed by atoms with Gasteiger partial charge < -0.3 is 5.32 Å². The van der Waals surface area contributed by atoms with Crippen molar-refractivity contribution in [2.24, 2.45) is 0 Å². The maximum atomic E-state index is 6.11. The largest absolute Gasteiger partial charge is 0.330 e. The van der Waals surface area contributed by atoms with Gasteiger partial charge in [-0.1, -0.05) is 41.1 Å². The summed E-state index contributed by atoms with van der Waals surface area (Å²) >= 11 is 7.74. The Kier molecular flexibility index (Phi) is 2.94. The van der Waals surface area contributed by atoms with Gasteiger partial charge in [-0.05, 0) is 36.8 Å². The van der Waals surface area contributed by atoms with Crippen molar-refractivity contribution in [2.75, 3.05) is 5.32 Å². The summed E-state index contributed by atoms with van der Waals surface area (Å²) in [5.41, 5.74) is 3.13. The van der Waals surface area contributed by atoms with E-state index in [9.17, 15) is 0 Å². The molecule has 4 heteroatoms. The number of aromatic nitrogens is 1. The van der Waals surface area contributed by atoms with Gasteiger partial charge in [0.2, 0.25) is 0 Å².